The second-order valence-corrected chi connectivity index (χ2v) is 6.35. The Kier molecular flexibility index (Phi) is 3.85. The number of carbonyl (C=O) groups is 1. The van der Waals surface area contributed by atoms with E-state index in [0.29, 0.717) is 17.9 Å². The van der Waals surface area contributed by atoms with Gasteiger partial charge in [-0.15, -0.1) is 0 Å². The number of nitrogens with zero attached hydrogens (tertiary/aromatic N) is 1. The maximum atomic E-state index is 12.7. The third-order valence-corrected chi connectivity index (χ3v) is 4.85. The van der Waals surface area contributed by atoms with Crippen LogP contribution in [-0.4, -0.2) is 25.5 Å². The van der Waals surface area contributed by atoms with Gasteiger partial charge in [0.1, 0.15) is 12.4 Å². The average Bonchev–Trinajstić information content (AvgIpc) is 2.63. The Morgan fingerprint density at radius 2 is 2.08 bits per heavy atom. The first-order valence-electron chi connectivity index (χ1n) is 8.61. The molecule has 0 amide bonds. The SMILES string of the molecule is CCN1CCCc2cc(/C=C3/COc4ccccc4C3=O)ccc21. The van der Waals surface area contributed by atoms with E-state index in [2.05, 4.69) is 30.0 Å². The summed E-state index contributed by atoms with van der Waals surface area (Å²) >= 11 is 0. The van der Waals surface area contributed by atoms with Gasteiger partial charge in [-0.05, 0) is 61.2 Å². The van der Waals surface area contributed by atoms with Crippen molar-refractivity contribution in [2.24, 2.45) is 0 Å². The van der Waals surface area contributed by atoms with Crippen LogP contribution in [0.1, 0.15) is 34.8 Å². The lowest BCUT2D eigenvalue weighted by molar-refractivity contribution is 0.100. The first kappa shape index (κ1) is 15.0. The van der Waals surface area contributed by atoms with Crippen LogP contribution in [-0.2, 0) is 6.42 Å². The number of anilines is 1. The van der Waals surface area contributed by atoms with Gasteiger partial charge >= 0.3 is 0 Å². The second kappa shape index (κ2) is 6.16. The molecular formula is C21H21NO2. The Labute approximate surface area is 142 Å². The molecule has 4 rings (SSSR count). The molecule has 0 saturated carbocycles. The number of Topliss-reactive ketones (excluding diaryl/α,β-unsaturated/α-hetero) is 1. The minimum atomic E-state index is 0.0738. The summed E-state index contributed by atoms with van der Waals surface area (Å²) in [6.45, 7) is 4.71. The molecule has 2 aromatic carbocycles. The number of benzene rings is 2. The summed E-state index contributed by atoms with van der Waals surface area (Å²) in [7, 11) is 0. The van der Waals surface area contributed by atoms with Crippen molar-refractivity contribution in [3.63, 3.8) is 0 Å². The Morgan fingerprint density at radius 3 is 2.96 bits per heavy atom. The van der Waals surface area contributed by atoms with E-state index >= 15 is 0 Å². The number of ether oxygens (including phenoxy) is 1. The molecule has 24 heavy (non-hydrogen) atoms. The van der Waals surface area contributed by atoms with Crippen LogP contribution in [0.5, 0.6) is 5.75 Å². The van der Waals surface area contributed by atoms with Crippen LogP contribution >= 0.6 is 0 Å². The molecule has 0 atom stereocenters. The number of aryl methyl sites for hydroxylation is 1. The van der Waals surface area contributed by atoms with Crippen LogP contribution in [0.4, 0.5) is 5.69 Å². The van der Waals surface area contributed by atoms with Crippen LogP contribution in [0.3, 0.4) is 0 Å². The largest absolute Gasteiger partial charge is 0.488 e. The molecule has 0 N–H and O–H groups in total. The summed E-state index contributed by atoms with van der Waals surface area (Å²) in [6.07, 6.45) is 4.27. The summed E-state index contributed by atoms with van der Waals surface area (Å²) in [4.78, 5) is 15.1. The summed E-state index contributed by atoms with van der Waals surface area (Å²) < 4.78 is 5.73. The maximum absolute atomic E-state index is 12.7. The molecule has 2 aliphatic heterocycles. The van der Waals surface area contributed by atoms with Crippen molar-refractivity contribution >= 4 is 17.5 Å². The molecule has 122 valence electrons. The average molecular weight is 319 g/mol. The highest BCUT2D eigenvalue weighted by Crippen LogP contribution is 2.30. The van der Waals surface area contributed by atoms with Crippen LogP contribution < -0.4 is 9.64 Å². The van der Waals surface area contributed by atoms with Crippen molar-refractivity contribution < 1.29 is 9.53 Å². The van der Waals surface area contributed by atoms with E-state index in [9.17, 15) is 4.79 Å². The number of fused-ring (bicyclic) bond motifs is 2. The molecule has 0 saturated heterocycles. The molecule has 0 radical (unpaired) electrons. The summed E-state index contributed by atoms with van der Waals surface area (Å²) in [5, 5.41) is 0. The van der Waals surface area contributed by atoms with Crippen molar-refractivity contribution in [1.29, 1.82) is 0 Å². The molecule has 2 heterocycles. The lowest BCUT2D eigenvalue weighted by atomic mass is 9.95. The van der Waals surface area contributed by atoms with E-state index < -0.39 is 0 Å². The normalized spacial score (nSPS) is 18.1. The Balaban J connectivity index is 1.66. The van der Waals surface area contributed by atoms with Crippen LogP contribution in [0.25, 0.3) is 6.08 Å². The van der Waals surface area contributed by atoms with Gasteiger partial charge in [0.25, 0.3) is 0 Å². The number of hydrogen-bond acceptors (Lipinski definition) is 3. The highest BCUT2D eigenvalue weighted by Gasteiger charge is 2.23. The molecule has 0 fully saturated rings. The molecule has 3 nitrogen and oxygen atoms in total. The zero-order valence-electron chi connectivity index (χ0n) is 13.9. The number of para-hydroxylation sites is 1. The smallest absolute Gasteiger partial charge is 0.196 e. The molecule has 0 aliphatic carbocycles. The van der Waals surface area contributed by atoms with E-state index in [4.69, 9.17) is 4.74 Å². The summed E-state index contributed by atoms with van der Waals surface area (Å²) in [5.41, 5.74) is 5.17. The lowest BCUT2D eigenvalue weighted by Gasteiger charge is -2.30. The molecule has 3 heteroatoms. The highest BCUT2D eigenvalue weighted by molar-refractivity contribution is 6.14. The van der Waals surface area contributed by atoms with E-state index in [1.54, 1.807) is 0 Å². The third-order valence-electron chi connectivity index (χ3n) is 4.85. The number of ketones is 1. The minimum absolute atomic E-state index is 0.0738. The summed E-state index contributed by atoms with van der Waals surface area (Å²) in [5.74, 6) is 0.758. The number of carbonyl (C=O) groups excluding carboxylic acids is 1. The van der Waals surface area contributed by atoms with Gasteiger partial charge in [0, 0.05) is 24.4 Å². The first-order chi connectivity index (χ1) is 11.8. The molecule has 0 aromatic heterocycles. The van der Waals surface area contributed by atoms with Gasteiger partial charge < -0.3 is 9.64 Å². The third kappa shape index (κ3) is 2.60. The molecule has 0 bridgehead atoms. The van der Waals surface area contributed by atoms with E-state index in [1.165, 1.54) is 17.7 Å². The maximum Gasteiger partial charge on any atom is 0.196 e. The van der Waals surface area contributed by atoms with Gasteiger partial charge in [-0.2, -0.15) is 0 Å². The van der Waals surface area contributed by atoms with E-state index in [-0.39, 0.29) is 5.78 Å². The van der Waals surface area contributed by atoms with E-state index in [1.807, 2.05) is 30.3 Å². The van der Waals surface area contributed by atoms with Crippen LogP contribution in [0.15, 0.2) is 48.0 Å². The van der Waals surface area contributed by atoms with Gasteiger partial charge in [0.05, 0.1) is 5.56 Å². The zero-order valence-corrected chi connectivity index (χ0v) is 13.9. The van der Waals surface area contributed by atoms with E-state index in [0.717, 1.165) is 30.6 Å². The van der Waals surface area contributed by atoms with Crippen LogP contribution in [0.2, 0.25) is 0 Å². The fourth-order valence-electron chi connectivity index (χ4n) is 3.60. The number of rotatable bonds is 2. The van der Waals surface area contributed by atoms with Crippen molar-refractivity contribution in [2.45, 2.75) is 19.8 Å². The molecule has 0 spiro atoms. The standard InChI is InChI=1S/C21H21NO2/c1-2-22-11-5-6-16-12-15(9-10-19(16)22)13-17-14-24-20-8-4-3-7-18(20)21(17)23/h3-4,7-10,12-13H,2,5-6,11,14H2,1H3/b17-13-. The quantitative estimate of drug-likeness (QED) is 0.780. The second-order valence-electron chi connectivity index (χ2n) is 6.35. The zero-order chi connectivity index (χ0) is 16.5. The van der Waals surface area contributed by atoms with Gasteiger partial charge in [0.15, 0.2) is 5.78 Å². The fourth-order valence-corrected chi connectivity index (χ4v) is 3.60. The Morgan fingerprint density at radius 1 is 1.21 bits per heavy atom. The predicted molar refractivity (Wildman–Crippen MR) is 96.9 cm³/mol. The topological polar surface area (TPSA) is 29.5 Å². The van der Waals surface area contributed by atoms with Gasteiger partial charge in [-0.1, -0.05) is 18.2 Å². The minimum Gasteiger partial charge on any atom is -0.488 e. The van der Waals surface area contributed by atoms with Crippen molar-refractivity contribution in [3.05, 3.63) is 64.7 Å². The van der Waals surface area contributed by atoms with Gasteiger partial charge in [-0.3, -0.25) is 4.79 Å². The van der Waals surface area contributed by atoms with Crippen molar-refractivity contribution in [2.75, 3.05) is 24.6 Å². The first-order valence-corrected chi connectivity index (χ1v) is 8.61. The Hall–Kier alpha value is -2.55. The van der Waals surface area contributed by atoms with Crippen molar-refractivity contribution in [3.8, 4) is 5.75 Å². The lowest BCUT2D eigenvalue weighted by Crippen LogP contribution is -2.28. The summed E-state index contributed by atoms with van der Waals surface area (Å²) in [6, 6.07) is 14.0. The molecular weight excluding hydrogens is 298 g/mol. The molecule has 2 aromatic rings. The van der Waals surface area contributed by atoms with Crippen LogP contribution in [0, 0.1) is 0 Å². The van der Waals surface area contributed by atoms with Crippen molar-refractivity contribution in [1.82, 2.24) is 0 Å². The number of hydrogen-bond donors (Lipinski definition) is 0. The monoisotopic (exact) mass is 319 g/mol. The molecule has 2 aliphatic rings. The fraction of sp³-hybridized carbons (Fsp3) is 0.286. The van der Waals surface area contributed by atoms with Gasteiger partial charge in [0.2, 0.25) is 0 Å². The highest BCUT2D eigenvalue weighted by atomic mass is 16.5. The Bertz CT molecular complexity index is 822. The molecule has 0 unspecified atom stereocenters. The predicted octanol–water partition coefficient (Wildman–Crippen LogP) is 4.12. The van der Waals surface area contributed by atoms with Gasteiger partial charge in [-0.25, -0.2) is 0 Å².